The Morgan fingerprint density at radius 2 is 1.93 bits per heavy atom. The van der Waals surface area contributed by atoms with Gasteiger partial charge in [-0.15, -0.1) is 0 Å². The van der Waals surface area contributed by atoms with Crippen LogP contribution < -0.4 is 11.1 Å². The van der Waals surface area contributed by atoms with Crippen LogP contribution in [0.25, 0.3) is 0 Å². The summed E-state index contributed by atoms with van der Waals surface area (Å²) in [7, 11) is 0. The quantitative estimate of drug-likeness (QED) is 0.298. The standard InChI is InChI=1S/C9H18N2O4/c10-9(1-2-9)8-7(15)6(14)5(11-8)4(13)3-12/h4-8,11-15H,1-3,10H2/t4?,5-,6-,7-,8?/m0/s1. The van der Waals surface area contributed by atoms with E-state index in [1.54, 1.807) is 0 Å². The highest BCUT2D eigenvalue weighted by molar-refractivity contribution is 5.17. The molecule has 0 aromatic carbocycles. The molecule has 2 aliphatic rings. The van der Waals surface area contributed by atoms with E-state index in [1.165, 1.54) is 0 Å². The first-order valence-electron chi connectivity index (χ1n) is 5.19. The van der Waals surface area contributed by atoms with E-state index >= 15 is 0 Å². The zero-order chi connectivity index (χ0) is 11.2. The second-order valence-electron chi connectivity index (χ2n) is 4.63. The molecule has 6 nitrogen and oxygen atoms in total. The molecule has 2 rings (SSSR count). The Morgan fingerprint density at radius 3 is 2.40 bits per heavy atom. The molecule has 2 fully saturated rings. The molecule has 5 atom stereocenters. The van der Waals surface area contributed by atoms with Gasteiger partial charge in [0.15, 0.2) is 0 Å². The van der Waals surface area contributed by atoms with Crippen LogP contribution in [0.4, 0.5) is 0 Å². The van der Waals surface area contributed by atoms with Crippen LogP contribution in [-0.2, 0) is 0 Å². The summed E-state index contributed by atoms with van der Waals surface area (Å²) < 4.78 is 0. The Hall–Kier alpha value is -0.240. The maximum atomic E-state index is 9.76. The van der Waals surface area contributed by atoms with Gasteiger partial charge in [-0.25, -0.2) is 0 Å². The van der Waals surface area contributed by atoms with Gasteiger partial charge in [-0.1, -0.05) is 0 Å². The lowest BCUT2D eigenvalue weighted by Gasteiger charge is -2.22. The highest BCUT2D eigenvalue weighted by Crippen LogP contribution is 2.40. The maximum Gasteiger partial charge on any atom is 0.0993 e. The molecule has 1 saturated heterocycles. The van der Waals surface area contributed by atoms with E-state index < -0.39 is 42.5 Å². The molecule has 7 N–H and O–H groups in total. The molecule has 0 aromatic heterocycles. The molecule has 0 aromatic rings. The first kappa shape index (κ1) is 11.3. The van der Waals surface area contributed by atoms with Gasteiger partial charge in [-0.2, -0.15) is 0 Å². The molecule has 0 radical (unpaired) electrons. The van der Waals surface area contributed by atoms with Crippen LogP contribution in [0, 0.1) is 0 Å². The molecule has 0 spiro atoms. The lowest BCUT2D eigenvalue weighted by Crippen LogP contribution is -2.51. The van der Waals surface area contributed by atoms with Crippen molar-refractivity contribution >= 4 is 0 Å². The smallest absolute Gasteiger partial charge is 0.0993 e. The van der Waals surface area contributed by atoms with Crippen molar-refractivity contribution in [2.24, 2.45) is 5.73 Å². The van der Waals surface area contributed by atoms with Crippen LogP contribution in [0.15, 0.2) is 0 Å². The number of nitrogens with one attached hydrogen (secondary N) is 1. The van der Waals surface area contributed by atoms with Gasteiger partial charge >= 0.3 is 0 Å². The number of rotatable bonds is 3. The Bertz CT molecular complexity index is 246. The predicted molar refractivity (Wildman–Crippen MR) is 52.0 cm³/mol. The Kier molecular flexibility index (Phi) is 2.74. The van der Waals surface area contributed by atoms with E-state index in [-0.39, 0.29) is 0 Å². The van der Waals surface area contributed by atoms with E-state index in [4.69, 9.17) is 10.8 Å². The SMILES string of the molecule is NC1(C2N[C@@H](C(O)CO)[C@H](O)[C@@H]2O)CC1. The van der Waals surface area contributed by atoms with E-state index in [2.05, 4.69) is 5.32 Å². The van der Waals surface area contributed by atoms with Crippen molar-refractivity contribution in [2.45, 2.75) is 48.8 Å². The minimum Gasteiger partial charge on any atom is -0.394 e. The largest absolute Gasteiger partial charge is 0.394 e. The Balaban J connectivity index is 2.07. The third-order valence-electron chi connectivity index (χ3n) is 3.48. The van der Waals surface area contributed by atoms with Gasteiger partial charge in [-0.05, 0) is 12.8 Å². The molecule has 2 unspecified atom stereocenters. The van der Waals surface area contributed by atoms with Crippen molar-refractivity contribution in [3.05, 3.63) is 0 Å². The maximum absolute atomic E-state index is 9.76. The van der Waals surface area contributed by atoms with Gasteiger partial charge < -0.3 is 31.5 Å². The summed E-state index contributed by atoms with van der Waals surface area (Å²) in [6, 6.07) is -1.12. The number of aliphatic hydroxyl groups excluding tert-OH is 4. The van der Waals surface area contributed by atoms with Crippen LogP contribution in [-0.4, -0.2) is 63.0 Å². The lowest BCUT2D eigenvalue weighted by atomic mass is 9.99. The molecule has 1 aliphatic carbocycles. The average molecular weight is 218 g/mol. The normalized spacial score (nSPS) is 45.4. The third kappa shape index (κ3) is 1.77. The first-order valence-corrected chi connectivity index (χ1v) is 5.19. The molecular formula is C9H18N2O4. The van der Waals surface area contributed by atoms with E-state index in [1.807, 2.05) is 0 Å². The Labute approximate surface area is 87.7 Å². The monoisotopic (exact) mass is 218 g/mol. The molecule has 0 bridgehead atoms. The van der Waals surface area contributed by atoms with Crippen LogP contribution in [0.1, 0.15) is 12.8 Å². The van der Waals surface area contributed by atoms with Crippen LogP contribution in [0.5, 0.6) is 0 Å². The van der Waals surface area contributed by atoms with Crippen molar-refractivity contribution in [1.82, 2.24) is 5.32 Å². The van der Waals surface area contributed by atoms with Gasteiger partial charge in [0, 0.05) is 5.54 Å². The summed E-state index contributed by atoms with van der Waals surface area (Å²) >= 11 is 0. The topological polar surface area (TPSA) is 119 Å². The molecule has 1 saturated carbocycles. The van der Waals surface area contributed by atoms with E-state index in [9.17, 15) is 15.3 Å². The second kappa shape index (κ2) is 3.65. The molecule has 1 aliphatic heterocycles. The van der Waals surface area contributed by atoms with Crippen LogP contribution >= 0.6 is 0 Å². The minimum atomic E-state index is -1.09. The molecule has 0 amide bonds. The van der Waals surface area contributed by atoms with E-state index in [0.29, 0.717) is 0 Å². The summed E-state index contributed by atoms with van der Waals surface area (Å²) in [5.74, 6) is 0. The fraction of sp³-hybridized carbons (Fsp3) is 1.00. The number of hydrogen-bond donors (Lipinski definition) is 6. The summed E-state index contributed by atoms with van der Waals surface area (Å²) in [6.07, 6.45) is -1.55. The van der Waals surface area contributed by atoms with Crippen molar-refractivity contribution in [3.63, 3.8) is 0 Å². The minimum absolute atomic E-state index is 0.404. The Morgan fingerprint density at radius 1 is 1.33 bits per heavy atom. The lowest BCUT2D eigenvalue weighted by molar-refractivity contribution is -0.0142. The van der Waals surface area contributed by atoms with Gasteiger partial charge in [0.25, 0.3) is 0 Å². The highest BCUT2D eigenvalue weighted by atomic mass is 16.3. The molecule has 6 heteroatoms. The van der Waals surface area contributed by atoms with Gasteiger partial charge in [-0.3, -0.25) is 0 Å². The average Bonchev–Trinajstić information content (AvgIpc) is 2.88. The zero-order valence-electron chi connectivity index (χ0n) is 8.37. The zero-order valence-corrected chi connectivity index (χ0v) is 8.37. The first-order chi connectivity index (χ1) is 6.99. The van der Waals surface area contributed by atoms with Crippen molar-refractivity contribution in [2.75, 3.05) is 6.61 Å². The van der Waals surface area contributed by atoms with Crippen LogP contribution in [0.3, 0.4) is 0 Å². The molecule has 88 valence electrons. The van der Waals surface area contributed by atoms with Gasteiger partial charge in [0.1, 0.15) is 0 Å². The van der Waals surface area contributed by atoms with E-state index in [0.717, 1.165) is 12.8 Å². The second-order valence-corrected chi connectivity index (χ2v) is 4.63. The highest BCUT2D eigenvalue weighted by Gasteiger charge is 2.56. The van der Waals surface area contributed by atoms with Gasteiger partial charge in [0.05, 0.1) is 37.0 Å². The molecule has 15 heavy (non-hydrogen) atoms. The van der Waals surface area contributed by atoms with Crippen molar-refractivity contribution in [3.8, 4) is 0 Å². The summed E-state index contributed by atoms with van der Waals surface area (Å²) in [5, 5.41) is 40.6. The predicted octanol–water partition coefficient (Wildman–Crippen LogP) is -3.11. The fourth-order valence-electron chi connectivity index (χ4n) is 2.23. The number of hydrogen-bond acceptors (Lipinski definition) is 6. The molecular weight excluding hydrogens is 200 g/mol. The summed E-state index contributed by atoms with van der Waals surface area (Å²) in [5.41, 5.74) is 5.46. The fourth-order valence-corrected chi connectivity index (χ4v) is 2.23. The van der Waals surface area contributed by atoms with Crippen LogP contribution in [0.2, 0.25) is 0 Å². The summed E-state index contributed by atoms with van der Waals surface area (Å²) in [4.78, 5) is 0. The van der Waals surface area contributed by atoms with Crippen molar-refractivity contribution in [1.29, 1.82) is 0 Å². The molecule has 1 heterocycles. The third-order valence-corrected chi connectivity index (χ3v) is 3.48. The number of aliphatic hydroxyl groups is 4. The summed E-state index contributed by atoms with van der Waals surface area (Å²) in [6.45, 7) is -0.453. The number of nitrogens with two attached hydrogens (primary N) is 1. The van der Waals surface area contributed by atoms with Gasteiger partial charge in [0.2, 0.25) is 0 Å². The van der Waals surface area contributed by atoms with Crippen molar-refractivity contribution < 1.29 is 20.4 Å².